The fraction of sp³-hybridized carbons (Fsp3) is 0.429. The van der Waals surface area contributed by atoms with Crippen LogP contribution in [0, 0.1) is 12.8 Å². The Morgan fingerprint density at radius 2 is 1.78 bits per heavy atom. The van der Waals surface area contributed by atoms with Gasteiger partial charge in [0.05, 0.1) is 0 Å². The molecule has 0 radical (unpaired) electrons. The van der Waals surface area contributed by atoms with Gasteiger partial charge >= 0.3 is 0 Å². The van der Waals surface area contributed by atoms with Crippen LogP contribution in [-0.4, -0.2) is 11.8 Å². The van der Waals surface area contributed by atoms with Gasteiger partial charge in [0.2, 0.25) is 11.8 Å². The first-order valence-electron chi connectivity index (χ1n) is 6.13. The van der Waals surface area contributed by atoms with E-state index in [-0.39, 0.29) is 17.7 Å². The Labute approximate surface area is 108 Å². The number of hydrogen-bond acceptors (Lipinski definition) is 2. The van der Waals surface area contributed by atoms with Gasteiger partial charge in [-0.2, -0.15) is 0 Å². The highest BCUT2D eigenvalue weighted by molar-refractivity contribution is 5.95. The van der Waals surface area contributed by atoms with Crippen molar-refractivity contribution in [3.05, 3.63) is 23.8 Å². The summed E-state index contributed by atoms with van der Waals surface area (Å²) in [6.45, 7) is 7.20. The van der Waals surface area contributed by atoms with Crippen LogP contribution >= 0.6 is 0 Å². The van der Waals surface area contributed by atoms with Gasteiger partial charge in [-0.15, -0.1) is 0 Å². The summed E-state index contributed by atoms with van der Waals surface area (Å²) < 4.78 is 0. The van der Waals surface area contributed by atoms with E-state index in [9.17, 15) is 9.59 Å². The Morgan fingerprint density at radius 1 is 1.22 bits per heavy atom. The largest absolute Gasteiger partial charge is 0.326 e. The molecule has 1 aromatic rings. The molecule has 0 unspecified atom stereocenters. The summed E-state index contributed by atoms with van der Waals surface area (Å²) in [5.41, 5.74) is 2.33. The molecule has 98 valence electrons. The molecular formula is C14H20N2O2. The van der Waals surface area contributed by atoms with Crippen LogP contribution in [0.15, 0.2) is 18.2 Å². The van der Waals surface area contributed by atoms with E-state index < -0.39 is 0 Å². The number of amides is 2. The van der Waals surface area contributed by atoms with Gasteiger partial charge in [-0.05, 0) is 31.0 Å². The second-order valence-corrected chi connectivity index (χ2v) is 4.46. The van der Waals surface area contributed by atoms with Crippen LogP contribution < -0.4 is 10.6 Å². The van der Waals surface area contributed by atoms with Crippen LogP contribution in [0.3, 0.4) is 0 Å². The van der Waals surface area contributed by atoms with Gasteiger partial charge in [-0.3, -0.25) is 9.59 Å². The standard InChI is InChI=1S/C14H20N2O2/c1-5-9(2)14(18)16-13-8-6-7-12(10(13)3)15-11(4)17/h6-9H,5H2,1-4H3,(H,15,17)(H,16,18)/t9-/m0/s1. The number of hydrogen-bond donors (Lipinski definition) is 2. The van der Waals surface area contributed by atoms with Crippen molar-refractivity contribution in [2.24, 2.45) is 5.92 Å². The average Bonchev–Trinajstić information content (AvgIpc) is 2.32. The van der Waals surface area contributed by atoms with Crippen molar-refractivity contribution in [2.75, 3.05) is 10.6 Å². The van der Waals surface area contributed by atoms with Gasteiger partial charge < -0.3 is 10.6 Å². The molecule has 4 heteroatoms. The smallest absolute Gasteiger partial charge is 0.227 e. The van der Waals surface area contributed by atoms with Crippen LogP contribution in [-0.2, 0) is 9.59 Å². The molecule has 1 aromatic carbocycles. The van der Waals surface area contributed by atoms with E-state index in [0.29, 0.717) is 0 Å². The van der Waals surface area contributed by atoms with E-state index >= 15 is 0 Å². The molecule has 2 amide bonds. The van der Waals surface area contributed by atoms with Crippen LogP contribution in [0.2, 0.25) is 0 Å². The molecule has 0 saturated carbocycles. The van der Waals surface area contributed by atoms with Crippen LogP contribution in [0.5, 0.6) is 0 Å². The predicted octanol–water partition coefficient (Wildman–Crippen LogP) is 2.94. The topological polar surface area (TPSA) is 58.2 Å². The van der Waals surface area contributed by atoms with Crippen molar-refractivity contribution in [3.63, 3.8) is 0 Å². The van der Waals surface area contributed by atoms with E-state index in [1.807, 2.05) is 39.0 Å². The number of benzene rings is 1. The van der Waals surface area contributed by atoms with Gasteiger partial charge in [0, 0.05) is 24.2 Å². The van der Waals surface area contributed by atoms with Gasteiger partial charge in [0.15, 0.2) is 0 Å². The molecule has 0 bridgehead atoms. The van der Waals surface area contributed by atoms with E-state index in [1.165, 1.54) is 6.92 Å². The van der Waals surface area contributed by atoms with E-state index in [2.05, 4.69) is 10.6 Å². The molecule has 0 heterocycles. The normalized spacial score (nSPS) is 11.8. The zero-order valence-corrected chi connectivity index (χ0v) is 11.3. The molecule has 2 N–H and O–H groups in total. The second kappa shape index (κ2) is 6.19. The van der Waals surface area contributed by atoms with Crippen molar-refractivity contribution >= 4 is 23.2 Å². The first kappa shape index (κ1) is 14.2. The third-order valence-corrected chi connectivity index (χ3v) is 2.96. The van der Waals surface area contributed by atoms with Crippen molar-refractivity contribution in [2.45, 2.75) is 34.1 Å². The van der Waals surface area contributed by atoms with Crippen molar-refractivity contribution in [3.8, 4) is 0 Å². The molecule has 0 aliphatic carbocycles. The summed E-state index contributed by atoms with van der Waals surface area (Å²) in [6, 6.07) is 5.46. The minimum Gasteiger partial charge on any atom is -0.326 e. The maximum atomic E-state index is 11.8. The van der Waals surface area contributed by atoms with Gasteiger partial charge in [0.1, 0.15) is 0 Å². The van der Waals surface area contributed by atoms with Gasteiger partial charge in [0.25, 0.3) is 0 Å². The minimum absolute atomic E-state index is 0.000532. The Kier molecular flexibility index (Phi) is 4.89. The van der Waals surface area contributed by atoms with Crippen molar-refractivity contribution in [1.82, 2.24) is 0 Å². The first-order chi connectivity index (χ1) is 8.45. The minimum atomic E-state index is -0.122. The quantitative estimate of drug-likeness (QED) is 0.860. The predicted molar refractivity (Wildman–Crippen MR) is 73.6 cm³/mol. The monoisotopic (exact) mass is 248 g/mol. The fourth-order valence-electron chi connectivity index (χ4n) is 1.54. The van der Waals surface area contributed by atoms with E-state index in [0.717, 1.165) is 23.4 Å². The molecular weight excluding hydrogens is 228 g/mol. The lowest BCUT2D eigenvalue weighted by atomic mass is 10.1. The molecule has 1 rings (SSSR count). The fourth-order valence-corrected chi connectivity index (χ4v) is 1.54. The molecule has 4 nitrogen and oxygen atoms in total. The summed E-state index contributed by atoms with van der Waals surface area (Å²) in [5.74, 6) is -0.141. The lowest BCUT2D eigenvalue weighted by Crippen LogP contribution is -2.20. The Balaban J connectivity index is 2.90. The molecule has 0 spiro atoms. The molecule has 1 atom stereocenters. The summed E-state index contributed by atoms with van der Waals surface area (Å²) in [7, 11) is 0. The lowest BCUT2D eigenvalue weighted by Gasteiger charge is -2.14. The molecule has 0 saturated heterocycles. The second-order valence-electron chi connectivity index (χ2n) is 4.46. The van der Waals surface area contributed by atoms with Crippen molar-refractivity contribution < 1.29 is 9.59 Å². The molecule has 0 aliphatic heterocycles. The number of carbonyl (C=O) groups is 2. The molecule has 0 aromatic heterocycles. The summed E-state index contributed by atoms with van der Waals surface area (Å²) in [4.78, 5) is 22.9. The van der Waals surface area contributed by atoms with Crippen LogP contribution in [0.1, 0.15) is 32.8 Å². The van der Waals surface area contributed by atoms with Crippen LogP contribution in [0.25, 0.3) is 0 Å². The highest BCUT2D eigenvalue weighted by Crippen LogP contribution is 2.23. The number of anilines is 2. The summed E-state index contributed by atoms with van der Waals surface area (Å²) in [5, 5.41) is 5.62. The molecule has 0 aliphatic rings. The lowest BCUT2D eigenvalue weighted by molar-refractivity contribution is -0.119. The zero-order valence-electron chi connectivity index (χ0n) is 11.3. The highest BCUT2D eigenvalue weighted by Gasteiger charge is 2.12. The third-order valence-electron chi connectivity index (χ3n) is 2.96. The Bertz CT molecular complexity index is 455. The maximum Gasteiger partial charge on any atom is 0.227 e. The molecule has 0 fully saturated rings. The van der Waals surface area contributed by atoms with E-state index in [4.69, 9.17) is 0 Å². The molecule has 18 heavy (non-hydrogen) atoms. The van der Waals surface area contributed by atoms with Gasteiger partial charge in [-0.1, -0.05) is 19.9 Å². The highest BCUT2D eigenvalue weighted by atomic mass is 16.2. The number of carbonyl (C=O) groups excluding carboxylic acids is 2. The number of nitrogens with one attached hydrogen (secondary N) is 2. The summed E-state index contributed by atoms with van der Waals surface area (Å²) in [6.07, 6.45) is 0.802. The Morgan fingerprint density at radius 3 is 2.28 bits per heavy atom. The third kappa shape index (κ3) is 3.58. The summed E-state index contributed by atoms with van der Waals surface area (Å²) >= 11 is 0. The Hall–Kier alpha value is -1.84. The van der Waals surface area contributed by atoms with Crippen LogP contribution in [0.4, 0.5) is 11.4 Å². The maximum absolute atomic E-state index is 11.8. The number of rotatable bonds is 4. The van der Waals surface area contributed by atoms with Crippen molar-refractivity contribution in [1.29, 1.82) is 0 Å². The van der Waals surface area contributed by atoms with Gasteiger partial charge in [-0.25, -0.2) is 0 Å². The van der Waals surface area contributed by atoms with E-state index in [1.54, 1.807) is 0 Å². The average molecular weight is 248 g/mol. The zero-order chi connectivity index (χ0) is 13.7. The first-order valence-corrected chi connectivity index (χ1v) is 6.13. The SMILES string of the molecule is CC[C@H](C)C(=O)Nc1cccc(NC(C)=O)c1C.